The Balaban J connectivity index is 2.19. The van der Waals surface area contributed by atoms with E-state index in [0.29, 0.717) is 15.8 Å². The van der Waals surface area contributed by atoms with Gasteiger partial charge in [-0.3, -0.25) is 15.0 Å². The monoisotopic (exact) mass is 445 g/mol. The minimum Gasteiger partial charge on any atom is -0.497 e. The molecular weight excluding hydrogens is 426 g/mol. The van der Waals surface area contributed by atoms with Crippen LogP contribution >= 0.6 is 15.9 Å². The molecule has 2 aromatic carbocycles. The van der Waals surface area contributed by atoms with E-state index >= 15 is 0 Å². The number of halogens is 1. The first-order chi connectivity index (χ1) is 13.4. The van der Waals surface area contributed by atoms with Gasteiger partial charge in [-0.05, 0) is 66.2 Å². The molecule has 0 unspecified atom stereocenters. The van der Waals surface area contributed by atoms with Crippen LogP contribution in [0.25, 0.3) is 16.6 Å². The Morgan fingerprint density at radius 1 is 1.21 bits per heavy atom. The summed E-state index contributed by atoms with van der Waals surface area (Å²) in [7, 11) is 1.61. The maximum Gasteiger partial charge on any atom is 0.271 e. The third-order valence-electron chi connectivity index (χ3n) is 4.46. The molecule has 7 nitrogen and oxygen atoms in total. The Labute approximate surface area is 170 Å². The Morgan fingerprint density at radius 2 is 1.89 bits per heavy atom. The standard InChI is InChI=1S/C20H20BrN3O4/c1-11-20(12(2)25)15-8-18(28-10-19(26)23-22)16(21)9-17(15)24(11)13-4-6-14(27-3)7-5-13/h4-9H,10,22H2,1-3H3,(H,23,26). The number of nitrogens with one attached hydrogen (secondary N) is 1. The maximum absolute atomic E-state index is 12.4. The minimum atomic E-state index is -0.453. The van der Waals surface area contributed by atoms with Gasteiger partial charge in [-0.1, -0.05) is 0 Å². The fourth-order valence-electron chi connectivity index (χ4n) is 3.22. The van der Waals surface area contributed by atoms with E-state index in [1.807, 2.05) is 47.2 Å². The lowest BCUT2D eigenvalue weighted by atomic mass is 10.1. The van der Waals surface area contributed by atoms with Gasteiger partial charge in [0.2, 0.25) is 0 Å². The number of Topliss-reactive ketones (excluding diaryl/α,β-unsaturated/α-hetero) is 1. The molecule has 1 amide bonds. The van der Waals surface area contributed by atoms with Crippen LogP contribution < -0.4 is 20.7 Å². The Hall–Kier alpha value is -2.84. The van der Waals surface area contributed by atoms with Gasteiger partial charge in [-0.25, -0.2) is 5.84 Å². The van der Waals surface area contributed by atoms with Crippen LogP contribution in [-0.4, -0.2) is 30.0 Å². The van der Waals surface area contributed by atoms with Crippen LogP contribution in [0.5, 0.6) is 11.5 Å². The molecule has 8 heteroatoms. The van der Waals surface area contributed by atoms with Gasteiger partial charge in [0.05, 0.1) is 17.1 Å². The van der Waals surface area contributed by atoms with Crippen molar-refractivity contribution >= 4 is 38.5 Å². The highest BCUT2D eigenvalue weighted by Gasteiger charge is 2.21. The molecule has 28 heavy (non-hydrogen) atoms. The highest BCUT2D eigenvalue weighted by atomic mass is 79.9. The topological polar surface area (TPSA) is 95.6 Å². The van der Waals surface area contributed by atoms with Gasteiger partial charge in [0.25, 0.3) is 5.91 Å². The van der Waals surface area contributed by atoms with Crippen LogP contribution in [0.3, 0.4) is 0 Å². The van der Waals surface area contributed by atoms with E-state index in [-0.39, 0.29) is 12.4 Å². The molecule has 0 fully saturated rings. The second-order valence-corrected chi connectivity index (χ2v) is 7.06. The zero-order valence-electron chi connectivity index (χ0n) is 15.7. The fraction of sp³-hybridized carbons (Fsp3) is 0.200. The Morgan fingerprint density at radius 3 is 2.46 bits per heavy atom. The molecule has 0 aliphatic heterocycles. The Kier molecular flexibility index (Phi) is 5.71. The second-order valence-electron chi connectivity index (χ2n) is 6.21. The van der Waals surface area contributed by atoms with Gasteiger partial charge in [-0.2, -0.15) is 0 Å². The van der Waals surface area contributed by atoms with Crippen molar-refractivity contribution in [3.05, 3.63) is 52.1 Å². The highest BCUT2D eigenvalue weighted by Crippen LogP contribution is 2.37. The number of carbonyl (C=O) groups excluding carboxylic acids is 2. The molecule has 3 rings (SSSR count). The van der Waals surface area contributed by atoms with Crippen LogP contribution in [-0.2, 0) is 4.79 Å². The van der Waals surface area contributed by atoms with Gasteiger partial charge in [0.1, 0.15) is 11.5 Å². The summed E-state index contributed by atoms with van der Waals surface area (Å²) in [4.78, 5) is 23.8. The van der Waals surface area contributed by atoms with Crippen molar-refractivity contribution in [3.8, 4) is 17.2 Å². The van der Waals surface area contributed by atoms with Crippen molar-refractivity contribution in [2.24, 2.45) is 5.84 Å². The lowest BCUT2D eigenvalue weighted by molar-refractivity contribution is -0.123. The molecule has 0 atom stereocenters. The number of ketones is 1. The summed E-state index contributed by atoms with van der Waals surface area (Å²) in [5.41, 5.74) is 5.18. The molecule has 0 spiro atoms. The van der Waals surface area contributed by atoms with Crippen molar-refractivity contribution < 1.29 is 19.1 Å². The Bertz CT molecular complexity index is 1060. The third kappa shape index (κ3) is 3.61. The lowest BCUT2D eigenvalue weighted by Crippen LogP contribution is -2.34. The van der Waals surface area contributed by atoms with Gasteiger partial charge in [0.15, 0.2) is 12.4 Å². The smallest absolute Gasteiger partial charge is 0.271 e. The normalized spacial score (nSPS) is 10.8. The number of rotatable bonds is 6. The van der Waals surface area contributed by atoms with E-state index in [4.69, 9.17) is 15.3 Å². The lowest BCUT2D eigenvalue weighted by Gasteiger charge is -2.11. The number of hydrazine groups is 1. The van der Waals surface area contributed by atoms with Gasteiger partial charge in [-0.15, -0.1) is 0 Å². The summed E-state index contributed by atoms with van der Waals surface area (Å²) in [5, 5.41) is 0.743. The molecule has 0 saturated carbocycles. The number of carbonyl (C=O) groups is 2. The minimum absolute atomic E-state index is 0.0530. The number of nitrogens with two attached hydrogens (primary N) is 1. The predicted octanol–water partition coefficient (Wildman–Crippen LogP) is 3.28. The van der Waals surface area contributed by atoms with Gasteiger partial charge < -0.3 is 14.0 Å². The van der Waals surface area contributed by atoms with E-state index in [0.717, 1.165) is 28.0 Å². The van der Waals surface area contributed by atoms with E-state index in [1.165, 1.54) is 6.92 Å². The zero-order valence-corrected chi connectivity index (χ0v) is 17.3. The first-order valence-electron chi connectivity index (χ1n) is 8.49. The van der Waals surface area contributed by atoms with Gasteiger partial charge >= 0.3 is 0 Å². The van der Waals surface area contributed by atoms with Crippen molar-refractivity contribution in [1.82, 2.24) is 9.99 Å². The highest BCUT2D eigenvalue weighted by molar-refractivity contribution is 9.10. The van der Waals surface area contributed by atoms with E-state index < -0.39 is 5.91 Å². The van der Waals surface area contributed by atoms with Crippen molar-refractivity contribution in [3.63, 3.8) is 0 Å². The van der Waals surface area contributed by atoms with Crippen LogP contribution in [0.4, 0.5) is 0 Å². The molecule has 0 aliphatic rings. The average molecular weight is 446 g/mol. The van der Waals surface area contributed by atoms with E-state index in [9.17, 15) is 9.59 Å². The summed E-state index contributed by atoms with van der Waals surface area (Å²) in [6.07, 6.45) is 0. The predicted molar refractivity (Wildman–Crippen MR) is 110 cm³/mol. The first kappa shape index (κ1) is 19.9. The molecule has 146 valence electrons. The number of fused-ring (bicyclic) bond motifs is 1. The molecule has 1 heterocycles. The number of hydrogen-bond acceptors (Lipinski definition) is 5. The number of amides is 1. The largest absolute Gasteiger partial charge is 0.497 e. The van der Waals surface area contributed by atoms with Crippen LogP contribution in [0.2, 0.25) is 0 Å². The molecule has 1 aromatic heterocycles. The number of benzene rings is 2. The van der Waals surface area contributed by atoms with Crippen LogP contribution in [0, 0.1) is 6.92 Å². The summed E-state index contributed by atoms with van der Waals surface area (Å²) in [5.74, 6) is 5.78. The van der Waals surface area contributed by atoms with E-state index in [1.54, 1.807) is 13.2 Å². The number of ether oxygens (including phenoxy) is 2. The van der Waals surface area contributed by atoms with Crippen molar-refractivity contribution in [2.45, 2.75) is 13.8 Å². The summed E-state index contributed by atoms with van der Waals surface area (Å²) in [6.45, 7) is 3.20. The molecule has 0 saturated heterocycles. The number of methoxy groups -OCH3 is 1. The molecule has 0 radical (unpaired) electrons. The molecule has 0 aliphatic carbocycles. The average Bonchev–Trinajstić information content (AvgIpc) is 2.96. The molecule has 0 bridgehead atoms. The fourth-order valence-corrected chi connectivity index (χ4v) is 3.67. The number of nitrogens with zero attached hydrogens (tertiary/aromatic N) is 1. The third-order valence-corrected chi connectivity index (χ3v) is 5.08. The van der Waals surface area contributed by atoms with E-state index in [2.05, 4.69) is 15.9 Å². The first-order valence-corrected chi connectivity index (χ1v) is 9.28. The molecule has 3 aromatic rings. The summed E-state index contributed by atoms with van der Waals surface area (Å²) >= 11 is 3.48. The van der Waals surface area contributed by atoms with Gasteiger partial charge in [0, 0.05) is 22.3 Å². The molecular formula is C20H20BrN3O4. The summed E-state index contributed by atoms with van der Waals surface area (Å²) in [6, 6.07) is 11.2. The zero-order chi connectivity index (χ0) is 20.4. The van der Waals surface area contributed by atoms with Crippen LogP contribution in [0.15, 0.2) is 40.9 Å². The second kappa shape index (κ2) is 8.04. The summed E-state index contributed by atoms with van der Waals surface area (Å²) < 4.78 is 13.4. The van der Waals surface area contributed by atoms with Crippen LogP contribution in [0.1, 0.15) is 23.0 Å². The molecule has 3 N–H and O–H groups in total. The SMILES string of the molecule is COc1ccc(-n2c(C)c(C(C)=O)c3cc(OCC(=O)NN)c(Br)cc32)cc1. The number of hydrogen-bond donors (Lipinski definition) is 2. The maximum atomic E-state index is 12.4. The number of aromatic nitrogens is 1. The quantitative estimate of drug-likeness (QED) is 0.262. The van der Waals surface area contributed by atoms with Crippen molar-refractivity contribution in [2.75, 3.05) is 13.7 Å². The van der Waals surface area contributed by atoms with Crippen molar-refractivity contribution in [1.29, 1.82) is 0 Å².